The molecule has 0 saturated carbocycles. The minimum absolute atomic E-state index is 0.0389. The average Bonchev–Trinajstić information content (AvgIpc) is 3.11. The minimum atomic E-state index is -0.331. The fourth-order valence-electron chi connectivity index (χ4n) is 4.50. The van der Waals surface area contributed by atoms with E-state index in [0.29, 0.717) is 38.2 Å². The highest BCUT2D eigenvalue weighted by atomic mass is 16.5. The Morgan fingerprint density at radius 3 is 2.76 bits per heavy atom. The van der Waals surface area contributed by atoms with E-state index in [1.54, 1.807) is 12.1 Å². The second-order valence-corrected chi connectivity index (χ2v) is 8.11. The lowest BCUT2D eigenvalue weighted by Gasteiger charge is -2.39. The molecule has 0 N–H and O–H groups in total. The fourth-order valence-corrected chi connectivity index (χ4v) is 4.50. The van der Waals surface area contributed by atoms with Crippen molar-refractivity contribution in [2.24, 2.45) is 5.41 Å². The Labute approximate surface area is 171 Å². The first kappa shape index (κ1) is 19.8. The summed E-state index contributed by atoms with van der Waals surface area (Å²) in [5.41, 5.74) is 3.85. The molecule has 1 aromatic heterocycles. The Hall–Kier alpha value is -2.47. The van der Waals surface area contributed by atoms with Crippen LogP contribution in [-0.4, -0.2) is 41.4 Å². The summed E-state index contributed by atoms with van der Waals surface area (Å²) < 4.78 is 12.7. The van der Waals surface area contributed by atoms with Crippen molar-refractivity contribution in [2.45, 2.75) is 52.4 Å². The predicted molar refractivity (Wildman–Crippen MR) is 109 cm³/mol. The van der Waals surface area contributed by atoms with Crippen LogP contribution in [0, 0.1) is 5.41 Å². The van der Waals surface area contributed by atoms with Crippen LogP contribution in [0.4, 0.5) is 0 Å². The van der Waals surface area contributed by atoms with E-state index in [9.17, 15) is 9.59 Å². The van der Waals surface area contributed by atoms with Gasteiger partial charge < -0.3 is 9.47 Å². The highest BCUT2D eigenvalue weighted by Gasteiger charge is 2.43. The van der Waals surface area contributed by atoms with E-state index in [0.717, 1.165) is 48.3 Å². The first-order valence-electron chi connectivity index (χ1n) is 10.6. The standard InChI is InChI=1S/C23H28N2O4/c1-3-10-29-22(27)16-6-5-7-17(13-16)25-19-14-23(8-11-28-12-9-23)15-20(26)21(19)18(4-2)24-25/h5-7,13H,3-4,8-12,14-15H2,1-2H3. The van der Waals surface area contributed by atoms with E-state index in [1.807, 2.05) is 30.7 Å². The summed E-state index contributed by atoms with van der Waals surface area (Å²) in [5.74, 6) is -0.142. The van der Waals surface area contributed by atoms with Crippen molar-refractivity contribution in [3.8, 4) is 5.69 Å². The van der Waals surface area contributed by atoms with Crippen LogP contribution in [0.25, 0.3) is 5.69 Å². The number of Topliss-reactive ketones (excluding diaryl/α,β-unsaturated/α-hetero) is 1. The molecule has 0 atom stereocenters. The number of nitrogens with zero attached hydrogens (tertiary/aromatic N) is 2. The Bertz CT molecular complexity index is 925. The van der Waals surface area contributed by atoms with Gasteiger partial charge in [-0.1, -0.05) is 19.9 Å². The van der Waals surface area contributed by atoms with E-state index in [4.69, 9.17) is 14.6 Å². The number of hydrogen-bond donors (Lipinski definition) is 0. The van der Waals surface area contributed by atoms with Gasteiger partial charge in [-0.3, -0.25) is 4.79 Å². The van der Waals surface area contributed by atoms with Crippen molar-refractivity contribution >= 4 is 11.8 Å². The zero-order chi connectivity index (χ0) is 20.4. The first-order valence-corrected chi connectivity index (χ1v) is 10.6. The molecule has 2 heterocycles. The van der Waals surface area contributed by atoms with E-state index in [-0.39, 0.29) is 17.2 Å². The molecular weight excluding hydrogens is 368 g/mol. The maximum Gasteiger partial charge on any atom is 0.338 e. The lowest BCUT2D eigenvalue weighted by Crippen LogP contribution is -2.38. The normalized spacial score (nSPS) is 17.9. The van der Waals surface area contributed by atoms with Crippen LogP contribution in [-0.2, 0) is 22.3 Å². The van der Waals surface area contributed by atoms with E-state index in [1.165, 1.54) is 0 Å². The van der Waals surface area contributed by atoms with Crippen molar-refractivity contribution < 1.29 is 19.1 Å². The molecule has 1 fully saturated rings. The third kappa shape index (κ3) is 3.73. The SMILES string of the molecule is CCCOC(=O)c1cccc(-n2nc(CC)c3c2CC2(CCOCC2)CC3=O)c1. The number of ether oxygens (including phenoxy) is 2. The molecule has 154 valence electrons. The van der Waals surface area contributed by atoms with E-state index in [2.05, 4.69) is 0 Å². The summed E-state index contributed by atoms with van der Waals surface area (Å²) in [6, 6.07) is 7.33. The van der Waals surface area contributed by atoms with Gasteiger partial charge in [-0.05, 0) is 55.7 Å². The molecule has 1 aromatic carbocycles. The molecule has 1 spiro atoms. The number of carbonyl (C=O) groups excluding carboxylic acids is 2. The van der Waals surface area contributed by atoms with Crippen LogP contribution in [0.2, 0.25) is 0 Å². The number of aryl methyl sites for hydroxylation is 1. The van der Waals surface area contributed by atoms with Crippen LogP contribution in [0.5, 0.6) is 0 Å². The van der Waals surface area contributed by atoms with Crippen LogP contribution < -0.4 is 0 Å². The molecule has 1 aliphatic carbocycles. The van der Waals surface area contributed by atoms with Gasteiger partial charge in [0.25, 0.3) is 0 Å². The van der Waals surface area contributed by atoms with Crippen LogP contribution in [0.15, 0.2) is 24.3 Å². The predicted octanol–water partition coefficient (Wildman–Crippen LogP) is 3.93. The molecule has 1 aliphatic heterocycles. The summed E-state index contributed by atoms with van der Waals surface area (Å²) >= 11 is 0. The zero-order valence-corrected chi connectivity index (χ0v) is 17.2. The summed E-state index contributed by atoms with van der Waals surface area (Å²) in [6.07, 6.45) is 4.67. The summed E-state index contributed by atoms with van der Waals surface area (Å²) in [6.45, 7) is 5.80. The van der Waals surface area contributed by atoms with Crippen molar-refractivity contribution in [3.63, 3.8) is 0 Å². The molecule has 6 heteroatoms. The molecule has 4 rings (SSSR count). The molecule has 6 nitrogen and oxygen atoms in total. The molecule has 1 saturated heterocycles. The molecule has 2 aliphatic rings. The molecule has 0 bridgehead atoms. The van der Waals surface area contributed by atoms with Gasteiger partial charge in [-0.2, -0.15) is 5.10 Å². The number of hydrogen-bond acceptors (Lipinski definition) is 5. The molecule has 2 aromatic rings. The molecular formula is C23H28N2O4. The second-order valence-electron chi connectivity index (χ2n) is 8.11. The highest BCUT2D eigenvalue weighted by Crippen LogP contribution is 2.44. The Kier molecular flexibility index (Phi) is 5.54. The molecule has 0 radical (unpaired) electrons. The van der Waals surface area contributed by atoms with Gasteiger partial charge in [0, 0.05) is 19.6 Å². The Morgan fingerprint density at radius 1 is 1.24 bits per heavy atom. The van der Waals surface area contributed by atoms with Crippen LogP contribution in [0.1, 0.15) is 71.6 Å². The van der Waals surface area contributed by atoms with Gasteiger partial charge in [0.1, 0.15) is 0 Å². The largest absolute Gasteiger partial charge is 0.462 e. The van der Waals surface area contributed by atoms with Crippen LogP contribution >= 0.6 is 0 Å². The smallest absolute Gasteiger partial charge is 0.338 e. The van der Waals surface area contributed by atoms with Gasteiger partial charge in [-0.15, -0.1) is 0 Å². The quantitative estimate of drug-likeness (QED) is 0.716. The maximum atomic E-state index is 13.1. The number of rotatable bonds is 5. The lowest BCUT2D eigenvalue weighted by molar-refractivity contribution is 0.00857. The Balaban J connectivity index is 1.74. The van der Waals surface area contributed by atoms with Gasteiger partial charge in [0.2, 0.25) is 0 Å². The van der Waals surface area contributed by atoms with E-state index >= 15 is 0 Å². The summed E-state index contributed by atoms with van der Waals surface area (Å²) in [5, 5.41) is 4.78. The number of aromatic nitrogens is 2. The number of benzene rings is 1. The van der Waals surface area contributed by atoms with E-state index < -0.39 is 0 Å². The summed E-state index contributed by atoms with van der Waals surface area (Å²) in [4.78, 5) is 25.4. The first-order chi connectivity index (χ1) is 14.1. The average molecular weight is 396 g/mol. The summed E-state index contributed by atoms with van der Waals surface area (Å²) in [7, 11) is 0. The van der Waals surface area contributed by atoms with Gasteiger partial charge >= 0.3 is 5.97 Å². The lowest BCUT2D eigenvalue weighted by atomic mass is 9.68. The van der Waals surface area contributed by atoms with Crippen molar-refractivity contribution in [3.05, 3.63) is 46.8 Å². The topological polar surface area (TPSA) is 70.4 Å². The van der Waals surface area contributed by atoms with Gasteiger partial charge in [0.05, 0.1) is 34.8 Å². The fraction of sp³-hybridized carbons (Fsp3) is 0.522. The van der Waals surface area contributed by atoms with Crippen LogP contribution in [0.3, 0.4) is 0 Å². The zero-order valence-electron chi connectivity index (χ0n) is 17.2. The third-order valence-corrected chi connectivity index (χ3v) is 6.06. The minimum Gasteiger partial charge on any atom is -0.462 e. The number of carbonyl (C=O) groups is 2. The molecule has 0 unspecified atom stereocenters. The second kappa shape index (κ2) is 8.11. The Morgan fingerprint density at radius 2 is 2.03 bits per heavy atom. The van der Waals surface area contributed by atoms with Crippen molar-refractivity contribution in [1.29, 1.82) is 0 Å². The maximum absolute atomic E-state index is 13.1. The number of ketones is 1. The monoisotopic (exact) mass is 396 g/mol. The van der Waals surface area contributed by atoms with Gasteiger partial charge in [0.15, 0.2) is 5.78 Å². The third-order valence-electron chi connectivity index (χ3n) is 6.06. The molecule has 0 amide bonds. The highest BCUT2D eigenvalue weighted by molar-refractivity contribution is 6.00. The molecule has 29 heavy (non-hydrogen) atoms. The number of esters is 1. The number of fused-ring (bicyclic) bond motifs is 1. The van der Waals surface area contributed by atoms with Crippen molar-refractivity contribution in [2.75, 3.05) is 19.8 Å². The van der Waals surface area contributed by atoms with Gasteiger partial charge in [-0.25, -0.2) is 9.48 Å². The van der Waals surface area contributed by atoms with Crippen molar-refractivity contribution in [1.82, 2.24) is 9.78 Å².